The van der Waals surface area contributed by atoms with Crippen LogP contribution < -0.4 is 16.4 Å². The molecule has 2 aromatic rings. The number of nitrogens with zero attached hydrogens (tertiary/aromatic N) is 1. The maximum atomic E-state index is 12.3. The molecule has 0 aliphatic heterocycles. The van der Waals surface area contributed by atoms with E-state index in [2.05, 4.69) is 27.8 Å². The number of carbonyl (C=O) groups is 2. The summed E-state index contributed by atoms with van der Waals surface area (Å²) in [6.07, 6.45) is 4.36. The Labute approximate surface area is 163 Å². The van der Waals surface area contributed by atoms with Gasteiger partial charge in [-0.25, -0.2) is 4.98 Å². The quantitative estimate of drug-likeness (QED) is 0.637. The lowest BCUT2D eigenvalue weighted by atomic mass is 10.1. The smallest absolute Gasteiger partial charge is 0.229 e. The summed E-state index contributed by atoms with van der Waals surface area (Å²) in [7, 11) is 0. The fourth-order valence-electron chi connectivity index (χ4n) is 3.32. The van der Waals surface area contributed by atoms with Gasteiger partial charge in [0.05, 0.1) is 5.69 Å². The number of hydrogen-bond donors (Lipinski definition) is 3. The number of carbonyl (C=O) groups excluding carboxylic acids is 2. The number of nitrogens with two attached hydrogens (primary N) is 1. The van der Waals surface area contributed by atoms with Gasteiger partial charge in [-0.2, -0.15) is 0 Å². The van der Waals surface area contributed by atoms with E-state index in [0.717, 1.165) is 43.4 Å². The highest BCUT2D eigenvalue weighted by molar-refractivity contribution is 7.14. The zero-order valence-corrected chi connectivity index (χ0v) is 16.3. The Morgan fingerprint density at radius 1 is 1.26 bits per heavy atom. The highest BCUT2D eigenvalue weighted by atomic mass is 32.1. The minimum Gasteiger partial charge on any atom is -0.356 e. The molecule has 6 nitrogen and oxygen atoms in total. The lowest BCUT2D eigenvalue weighted by Gasteiger charge is -2.08. The number of hydrogen-bond acceptors (Lipinski definition) is 5. The first-order chi connectivity index (χ1) is 13.0. The summed E-state index contributed by atoms with van der Waals surface area (Å²) < 4.78 is 0. The minimum absolute atomic E-state index is 0.00382. The Hall–Kier alpha value is -2.25. The molecule has 0 saturated heterocycles. The summed E-state index contributed by atoms with van der Waals surface area (Å²) >= 11 is 1.44. The molecule has 1 aliphatic carbocycles. The monoisotopic (exact) mass is 386 g/mol. The standard InChI is InChI=1S/C20H26N4O2S/c1-13(25)22-10-2-3-14-4-6-15(7-5-14)18-12-27-20(23-18)24-19(26)16-8-9-17(21)11-16/h4-7,12,16-17H,2-3,8-11,21H2,1H3,(H,22,25)(H,23,24,26). The van der Waals surface area contributed by atoms with Crippen molar-refractivity contribution in [1.29, 1.82) is 0 Å². The molecule has 1 aromatic heterocycles. The summed E-state index contributed by atoms with van der Waals surface area (Å²) in [4.78, 5) is 27.7. The van der Waals surface area contributed by atoms with Gasteiger partial charge in [0.25, 0.3) is 0 Å². The van der Waals surface area contributed by atoms with Crippen LogP contribution in [0.25, 0.3) is 11.3 Å². The Kier molecular flexibility index (Phi) is 6.58. The molecule has 27 heavy (non-hydrogen) atoms. The maximum absolute atomic E-state index is 12.3. The average Bonchev–Trinajstić information content (AvgIpc) is 3.28. The SMILES string of the molecule is CC(=O)NCCCc1ccc(-c2csc(NC(=O)C3CCC(N)C3)n2)cc1. The normalized spacial score (nSPS) is 19.0. The van der Waals surface area contributed by atoms with E-state index < -0.39 is 0 Å². The van der Waals surface area contributed by atoms with Crippen molar-refractivity contribution in [3.8, 4) is 11.3 Å². The third-order valence-electron chi connectivity index (χ3n) is 4.84. The number of nitrogens with one attached hydrogen (secondary N) is 2. The number of rotatable bonds is 7. The molecule has 1 aromatic carbocycles. The van der Waals surface area contributed by atoms with Gasteiger partial charge in [-0.1, -0.05) is 24.3 Å². The van der Waals surface area contributed by atoms with Gasteiger partial charge >= 0.3 is 0 Å². The number of anilines is 1. The van der Waals surface area contributed by atoms with Crippen LogP contribution in [-0.4, -0.2) is 29.4 Å². The molecule has 1 aliphatic rings. The van der Waals surface area contributed by atoms with Gasteiger partial charge < -0.3 is 16.4 Å². The molecule has 0 bridgehead atoms. The van der Waals surface area contributed by atoms with Crippen LogP contribution in [0.3, 0.4) is 0 Å². The molecule has 4 N–H and O–H groups in total. The highest BCUT2D eigenvalue weighted by Gasteiger charge is 2.28. The summed E-state index contributed by atoms with van der Waals surface area (Å²) in [5.41, 5.74) is 9.01. The average molecular weight is 387 g/mol. The minimum atomic E-state index is 0.00382. The molecule has 0 radical (unpaired) electrons. The van der Waals surface area contributed by atoms with Gasteiger partial charge in [-0.3, -0.25) is 9.59 Å². The topological polar surface area (TPSA) is 97.1 Å². The second-order valence-corrected chi connectivity index (χ2v) is 7.94. The molecule has 1 heterocycles. The first-order valence-corrected chi connectivity index (χ1v) is 10.2. The zero-order valence-electron chi connectivity index (χ0n) is 15.5. The summed E-state index contributed by atoms with van der Waals surface area (Å²) in [6, 6.07) is 8.40. The number of thiazole rings is 1. The zero-order chi connectivity index (χ0) is 19.2. The molecular weight excluding hydrogens is 360 g/mol. The molecule has 1 saturated carbocycles. The van der Waals surface area contributed by atoms with Crippen molar-refractivity contribution in [3.05, 3.63) is 35.2 Å². The van der Waals surface area contributed by atoms with E-state index in [9.17, 15) is 9.59 Å². The van der Waals surface area contributed by atoms with Gasteiger partial charge in [0.15, 0.2) is 5.13 Å². The molecule has 1 fully saturated rings. The second kappa shape index (κ2) is 9.10. The summed E-state index contributed by atoms with van der Waals surface area (Å²) in [5.74, 6) is 0.0371. The molecular formula is C20H26N4O2S. The van der Waals surface area contributed by atoms with E-state index in [1.54, 1.807) is 0 Å². The molecule has 144 valence electrons. The fraction of sp³-hybridized carbons (Fsp3) is 0.450. The molecule has 7 heteroatoms. The van der Waals surface area contributed by atoms with Gasteiger partial charge in [0.2, 0.25) is 11.8 Å². The van der Waals surface area contributed by atoms with Crippen LogP contribution in [-0.2, 0) is 16.0 Å². The van der Waals surface area contributed by atoms with E-state index in [4.69, 9.17) is 5.73 Å². The van der Waals surface area contributed by atoms with Crippen LogP contribution in [0, 0.1) is 5.92 Å². The Bertz CT molecular complexity index is 788. The van der Waals surface area contributed by atoms with Gasteiger partial charge in [0, 0.05) is 36.4 Å². The molecule has 2 atom stereocenters. The predicted molar refractivity (Wildman–Crippen MR) is 109 cm³/mol. The van der Waals surface area contributed by atoms with Crippen molar-refractivity contribution in [2.75, 3.05) is 11.9 Å². The third kappa shape index (κ3) is 5.61. The van der Waals surface area contributed by atoms with Crippen LogP contribution in [0.15, 0.2) is 29.6 Å². The molecule has 2 unspecified atom stereocenters. The lowest BCUT2D eigenvalue weighted by Crippen LogP contribution is -2.23. The lowest BCUT2D eigenvalue weighted by molar-refractivity contribution is -0.120. The summed E-state index contributed by atoms with van der Waals surface area (Å²) in [6.45, 7) is 2.22. The van der Waals surface area contributed by atoms with Crippen LogP contribution in [0.5, 0.6) is 0 Å². The van der Waals surface area contributed by atoms with Crippen molar-refractivity contribution in [1.82, 2.24) is 10.3 Å². The maximum Gasteiger partial charge on any atom is 0.229 e. The number of aryl methyl sites for hydroxylation is 1. The largest absolute Gasteiger partial charge is 0.356 e. The van der Waals surface area contributed by atoms with Gasteiger partial charge in [-0.15, -0.1) is 11.3 Å². The first kappa shape index (κ1) is 19.5. The Morgan fingerprint density at radius 2 is 2.04 bits per heavy atom. The van der Waals surface area contributed by atoms with Crippen molar-refractivity contribution < 1.29 is 9.59 Å². The first-order valence-electron chi connectivity index (χ1n) is 9.37. The van der Waals surface area contributed by atoms with Gasteiger partial charge in [-0.05, 0) is 37.7 Å². The van der Waals surface area contributed by atoms with Crippen molar-refractivity contribution in [2.45, 2.75) is 45.1 Å². The van der Waals surface area contributed by atoms with Gasteiger partial charge in [0.1, 0.15) is 0 Å². The molecule has 0 spiro atoms. The van der Waals surface area contributed by atoms with E-state index in [1.807, 2.05) is 17.5 Å². The predicted octanol–water partition coefficient (Wildman–Crippen LogP) is 2.94. The van der Waals surface area contributed by atoms with Crippen LogP contribution >= 0.6 is 11.3 Å². The van der Waals surface area contributed by atoms with E-state index in [0.29, 0.717) is 11.7 Å². The fourth-order valence-corrected chi connectivity index (χ4v) is 4.05. The number of aromatic nitrogens is 1. The van der Waals surface area contributed by atoms with Crippen LogP contribution in [0.4, 0.5) is 5.13 Å². The molecule has 2 amide bonds. The van der Waals surface area contributed by atoms with Crippen molar-refractivity contribution >= 4 is 28.3 Å². The third-order valence-corrected chi connectivity index (χ3v) is 5.60. The second-order valence-electron chi connectivity index (χ2n) is 7.08. The van der Waals surface area contributed by atoms with E-state index >= 15 is 0 Å². The Morgan fingerprint density at radius 3 is 2.70 bits per heavy atom. The van der Waals surface area contributed by atoms with E-state index in [-0.39, 0.29) is 23.8 Å². The van der Waals surface area contributed by atoms with Crippen molar-refractivity contribution in [3.63, 3.8) is 0 Å². The van der Waals surface area contributed by atoms with Crippen LogP contribution in [0.1, 0.15) is 38.2 Å². The highest BCUT2D eigenvalue weighted by Crippen LogP contribution is 2.28. The van der Waals surface area contributed by atoms with E-state index in [1.165, 1.54) is 23.8 Å². The molecule has 3 rings (SSSR count). The summed E-state index contributed by atoms with van der Waals surface area (Å²) in [5, 5.41) is 8.33. The number of benzene rings is 1. The number of amides is 2. The Balaban J connectivity index is 1.53. The van der Waals surface area contributed by atoms with Crippen LogP contribution in [0.2, 0.25) is 0 Å². The van der Waals surface area contributed by atoms with Crippen molar-refractivity contribution in [2.24, 2.45) is 11.7 Å².